The van der Waals surface area contributed by atoms with E-state index in [2.05, 4.69) is 4.51 Å². The maximum absolute atomic E-state index is 10.7. The van der Waals surface area contributed by atoms with Crippen molar-refractivity contribution in [2.24, 2.45) is 0 Å². The minimum Gasteiger partial charge on any atom is -0.454 e. The van der Waals surface area contributed by atoms with Crippen LogP contribution < -0.4 is 0 Å². The summed E-state index contributed by atoms with van der Waals surface area (Å²) in [5, 5.41) is 0. The number of carbonyl (C=O) groups excluding carboxylic acids is 1. The molecule has 0 aromatic heterocycles. The summed E-state index contributed by atoms with van der Waals surface area (Å²) in [6.45, 7) is 0.370. The van der Waals surface area contributed by atoms with Gasteiger partial charge in [0, 0.05) is 0 Å². The van der Waals surface area contributed by atoms with Gasteiger partial charge < -0.3 is 4.74 Å². The highest BCUT2D eigenvalue weighted by Gasteiger charge is 1.96. The summed E-state index contributed by atoms with van der Waals surface area (Å²) in [4.78, 5) is 10.7. The predicted octanol–water partition coefficient (Wildman–Crippen LogP) is 2.73. The summed E-state index contributed by atoms with van der Waals surface area (Å²) in [5.74, 6) is 0. The molecule has 0 aliphatic carbocycles. The van der Waals surface area contributed by atoms with Crippen LogP contribution in [0.25, 0.3) is 0 Å². The fourth-order valence-electron chi connectivity index (χ4n) is 0.753. The molecule has 0 saturated carbocycles. The number of carbonyl (C=O) groups is 1. The van der Waals surface area contributed by atoms with E-state index in [1.54, 1.807) is 0 Å². The minimum absolute atomic E-state index is 0.155. The molecule has 0 heterocycles. The van der Waals surface area contributed by atoms with Crippen molar-refractivity contribution in [3.05, 3.63) is 35.9 Å². The summed E-state index contributed by atoms with van der Waals surface area (Å²) in [5.41, 5.74) is 1.02. The lowest BCUT2D eigenvalue weighted by Crippen LogP contribution is -1.93. The van der Waals surface area contributed by atoms with Crippen LogP contribution in [0.5, 0.6) is 0 Å². The van der Waals surface area contributed by atoms with E-state index in [9.17, 15) is 4.79 Å². The molecule has 1 aromatic rings. The zero-order valence-electron chi connectivity index (χ0n) is 6.50. The minimum atomic E-state index is -0.665. The fraction of sp³-hybridized carbons (Fsp3) is 0.111. The Morgan fingerprint density at radius 2 is 2.08 bits per heavy atom. The van der Waals surface area contributed by atoms with Crippen LogP contribution in [-0.2, 0) is 11.3 Å². The van der Waals surface area contributed by atoms with Crippen LogP contribution in [0.2, 0.25) is 0 Å². The highest BCUT2D eigenvalue weighted by molar-refractivity contribution is 14.2. The molecule has 3 heteroatoms. The van der Waals surface area contributed by atoms with Crippen molar-refractivity contribution in [2.75, 3.05) is 0 Å². The van der Waals surface area contributed by atoms with Crippen LogP contribution in [-0.4, -0.2) is 8.49 Å². The Morgan fingerprint density at radius 1 is 1.42 bits per heavy atom. The highest BCUT2D eigenvalue weighted by atomic mass is 127. The van der Waals surface area contributed by atoms with Crippen LogP contribution >= 0.6 is 20.7 Å². The van der Waals surface area contributed by atoms with Crippen molar-refractivity contribution in [1.82, 2.24) is 0 Å². The smallest absolute Gasteiger partial charge is 0.361 e. The molecule has 0 bridgehead atoms. The molecule has 1 aromatic carbocycles. The second-order valence-electron chi connectivity index (χ2n) is 2.15. The quantitative estimate of drug-likeness (QED) is 0.626. The predicted molar refractivity (Wildman–Crippen MR) is 57.8 cm³/mol. The number of hydrogen-bond acceptors (Lipinski definition) is 2. The van der Waals surface area contributed by atoms with Gasteiger partial charge in [0.25, 0.3) is 0 Å². The van der Waals surface area contributed by atoms with E-state index in [1.807, 2.05) is 30.3 Å². The fourth-order valence-corrected chi connectivity index (χ4v) is 1.13. The number of hydrogen-bond donors (Lipinski definition) is 0. The monoisotopic (exact) mass is 276 g/mol. The van der Waals surface area contributed by atoms with Gasteiger partial charge >= 0.3 is 3.98 Å². The molecule has 0 aliphatic rings. The Hall–Kier alpha value is -0.710. The van der Waals surface area contributed by atoms with Gasteiger partial charge in [-0.1, -0.05) is 34.8 Å². The second-order valence-corrected chi connectivity index (χ2v) is 3.79. The lowest BCUT2D eigenvalue weighted by atomic mass is 10.2. The number of halogens is 1. The maximum Gasteiger partial charge on any atom is 0.361 e. The van der Waals surface area contributed by atoms with Gasteiger partial charge in [0.05, 0.1) is 0 Å². The molecular weight excluding hydrogens is 267 g/mol. The Labute approximate surface area is 81.3 Å². The van der Waals surface area contributed by atoms with Gasteiger partial charge in [0.15, 0.2) is 0 Å². The first-order valence-corrected chi connectivity index (χ1v) is 6.02. The average Bonchev–Trinajstić information content (AvgIpc) is 2.16. The van der Waals surface area contributed by atoms with E-state index in [4.69, 9.17) is 4.74 Å². The van der Waals surface area contributed by atoms with Gasteiger partial charge in [-0.3, -0.25) is 0 Å². The third kappa shape index (κ3) is 3.13. The molecule has 0 aliphatic heterocycles. The van der Waals surface area contributed by atoms with Crippen molar-refractivity contribution in [3.63, 3.8) is 0 Å². The molecule has 2 nitrogen and oxygen atoms in total. The third-order valence-electron chi connectivity index (χ3n) is 1.30. The maximum atomic E-state index is 10.7. The molecule has 0 spiro atoms. The van der Waals surface area contributed by atoms with Crippen LogP contribution in [0.15, 0.2) is 30.3 Å². The largest absolute Gasteiger partial charge is 0.454 e. The Bertz CT molecular complexity index is 269. The van der Waals surface area contributed by atoms with Gasteiger partial charge in [-0.25, -0.2) is 4.79 Å². The summed E-state index contributed by atoms with van der Waals surface area (Å²) in [7, 11) is 0. The Kier molecular flexibility index (Phi) is 3.93. The zero-order valence-corrected chi connectivity index (χ0v) is 8.65. The van der Waals surface area contributed by atoms with Crippen molar-refractivity contribution in [3.8, 4) is 0 Å². The van der Waals surface area contributed by atoms with Crippen molar-refractivity contribution in [1.29, 1.82) is 0 Å². The second kappa shape index (κ2) is 5.03. The van der Waals surface area contributed by atoms with Crippen molar-refractivity contribution >= 4 is 29.2 Å². The van der Waals surface area contributed by atoms with E-state index in [-0.39, 0.29) is 3.98 Å². The lowest BCUT2D eigenvalue weighted by Gasteiger charge is -1.99. The lowest BCUT2D eigenvalue weighted by molar-refractivity contribution is 0.172. The van der Waals surface area contributed by atoms with E-state index >= 15 is 0 Å². The van der Waals surface area contributed by atoms with E-state index in [1.165, 1.54) is 0 Å². The standard InChI is InChI=1S/C9H9IO2/c1-10-9(11)12-7-8-5-3-2-4-6-8/h2-6H,1,7H2. The van der Waals surface area contributed by atoms with Crippen molar-refractivity contribution in [2.45, 2.75) is 6.61 Å². The first-order valence-electron chi connectivity index (χ1n) is 3.42. The number of benzene rings is 1. The van der Waals surface area contributed by atoms with Crippen LogP contribution in [0, 0.1) is 0 Å². The van der Waals surface area contributed by atoms with Gasteiger partial charge in [-0.2, -0.15) is 0 Å². The van der Waals surface area contributed by atoms with Gasteiger partial charge in [0.1, 0.15) is 6.61 Å². The Balaban J connectivity index is 2.43. The van der Waals surface area contributed by atoms with Gasteiger partial charge in [-0.15, -0.1) is 0 Å². The first-order chi connectivity index (χ1) is 5.83. The normalized spacial score (nSPS) is 9.33. The van der Waals surface area contributed by atoms with Crippen LogP contribution in [0.3, 0.4) is 0 Å². The summed E-state index contributed by atoms with van der Waals surface area (Å²) >= 11 is -0.665. The zero-order chi connectivity index (χ0) is 8.81. The van der Waals surface area contributed by atoms with E-state index < -0.39 is 20.7 Å². The summed E-state index contributed by atoms with van der Waals surface area (Å²) in [6, 6.07) is 9.62. The summed E-state index contributed by atoms with van der Waals surface area (Å²) in [6.07, 6.45) is 0. The molecule has 0 amide bonds. The van der Waals surface area contributed by atoms with Crippen LogP contribution in [0.1, 0.15) is 5.56 Å². The van der Waals surface area contributed by atoms with E-state index in [0.29, 0.717) is 6.61 Å². The molecule has 0 unspecified atom stereocenters. The third-order valence-corrected chi connectivity index (χ3v) is 2.24. The molecule has 0 saturated heterocycles. The van der Waals surface area contributed by atoms with Crippen molar-refractivity contribution < 1.29 is 9.53 Å². The van der Waals surface area contributed by atoms with E-state index in [0.717, 1.165) is 5.56 Å². The highest BCUT2D eigenvalue weighted by Crippen LogP contribution is 2.05. The first kappa shape index (κ1) is 9.38. The van der Waals surface area contributed by atoms with Crippen LogP contribution in [0.4, 0.5) is 4.79 Å². The number of rotatable bonds is 3. The molecule has 12 heavy (non-hydrogen) atoms. The molecule has 1 rings (SSSR count). The molecule has 0 fully saturated rings. The number of ether oxygens (including phenoxy) is 1. The van der Waals surface area contributed by atoms with Gasteiger partial charge in [0.2, 0.25) is 0 Å². The SMILES string of the molecule is C=IC(=O)OCc1ccccc1. The topological polar surface area (TPSA) is 26.3 Å². The summed E-state index contributed by atoms with van der Waals surface area (Å²) < 4.78 is 8.30. The molecule has 0 N–H and O–H groups in total. The molecule has 64 valence electrons. The molecule has 0 radical (unpaired) electrons. The Morgan fingerprint density at radius 3 is 2.67 bits per heavy atom. The molecule has 0 atom stereocenters. The average molecular weight is 276 g/mol. The molecular formula is C9H9IO2. The van der Waals surface area contributed by atoms with Gasteiger partial charge in [-0.05, 0) is 26.3 Å².